The molecule has 1 aromatic rings. The van der Waals surface area contributed by atoms with Crippen molar-refractivity contribution >= 4 is 12.0 Å². The first kappa shape index (κ1) is 14.1. The molecule has 0 saturated heterocycles. The van der Waals surface area contributed by atoms with Crippen LogP contribution in [0.2, 0.25) is 0 Å². The van der Waals surface area contributed by atoms with E-state index in [1.54, 1.807) is 14.2 Å². The average Bonchev–Trinajstić information content (AvgIpc) is 2.38. The number of hydrogen-bond donors (Lipinski definition) is 1. The zero-order valence-electron chi connectivity index (χ0n) is 11.0. The Kier molecular flexibility index (Phi) is 5.77. The van der Waals surface area contributed by atoms with E-state index in [-0.39, 0.29) is 5.91 Å². The van der Waals surface area contributed by atoms with Gasteiger partial charge in [0.05, 0.1) is 14.2 Å². The Bertz CT molecular complexity index is 427. The quantitative estimate of drug-likeness (QED) is 0.786. The molecule has 18 heavy (non-hydrogen) atoms. The molecular weight excluding hydrogens is 230 g/mol. The standard InChI is InChI=1S/C14H19NO3/c1-11(16)15-9-5-4-6-12-7-8-13(17-2)10-14(12)18-3/h4,6-8,10H,5,9H2,1-3H3,(H,15,16). The van der Waals surface area contributed by atoms with Crippen molar-refractivity contribution in [1.29, 1.82) is 0 Å². The molecule has 0 aliphatic heterocycles. The fraction of sp³-hybridized carbons (Fsp3) is 0.357. The van der Waals surface area contributed by atoms with Crippen molar-refractivity contribution in [3.63, 3.8) is 0 Å². The predicted octanol–water partition coefficient (Wildman–Crippen LogP) is 2.24. The molecule has 0 heterocycles. The zero-order chi connectivity index (χ0) is 13.4. The number of ether oxygens (including phenoxy) is 2. The number of carbonyl (C=O) groups excluding carboxylic acids is 1. The van der Waals surface area contributed by atoms with E-state index in [4.69, 9.17) is 9.47 Å². The van der Waals surface area contributed by atoms with Crippen LogP contribution in [0.15, 0.2) is 24.3 Å². The summed E-state index contributed by atoms with van der Waals surface area (Å²) in [5.74, 6) is 1.53. The van der Waals surface area contributed by atoms with Gasteiger partial charge >= 0.3 is 0 Å². The van der Waals surface area contributed by atoms with Crippen molar-refractivity contribution in [2.24, 2.45) is 0 Å². The molecule has 0 radical (unpaired) electrons. The average molecular weight is 249 g/mol. The lowest BCUT2D eigenvalue weighted by molar-refractivity contribution is -0.118. The highest BCUT2D eigenvalue weighted by atomic mass is 16.5. The van der Waals surface area contributed by atoms with Gasteiger partial charge in [0.2, 0.25) is 5.91 Å². The van der Waals surface area contributed by atoms with Crippen LogP contribution in [0.1, 0.15) is 18.9 Å². The van der Waals surface area contributed by atoms with Crippen molar-refractivity contribution in [3.05, 3.63) is 29.8 Å². The third-order valence-electron chi connectivity index (χ3n) is 2.42. The minimum absolute atomic E-state index is 0.00886. The molecule has 1 aromatic carbocycles. The summed E-state index contributed by atoms with van der Waals surface area (Å²) >= 11 is 0. The lowest BCUT2D eigenvalue weighted by Gasteiger charge is -2.07. The summed E-state index contributed by atoms with van der Waals surface area (Å²) in [6.45, 7) is 2.15. The molecule has 1 rings (SSSR count). The maximum absolute atomic E-state index is 10.7. The highest BCUT2D eigenvalue weighted by Gasteiger charge is 2.01. The SMILES string of the molecule is COc1ccc(C=CCCNC(C)=O)c(OC)c1. The van der Waals surface area contributed by atoms with Crippen LogP contribution >= 0.6 is 0 Å². The summed E-state index contributed by atoms with van der Waals surface area (Å²) in [6, 6.07) is 5.66. The van der Waals surface area contributed by atoms with Crippen LogP contribution in [0.5, 0.6) is 11.5 Å². The van der Waals surface area contributed by atoms with Crippen LogP contribution < -0.4 is 14.8 Å². The van der Waals surface area contributed by atoms with Crippen molar-refractivity contribution in [2.45, 2.75) is 13.3 Å². The van der Waals surface area contributed by atoms with Gasteiger partial charge in [-0.25, -0.2) is 0 Å². The monoisotopic (exact) mass is 249 g/mol. The molecule has 0 fully saturated rings. The minimum Gasteiger partial charge on any atom is -0.497 e. The van der Waals surface area contributed by atoms with E-state index in [9.17, 15) is 4.79 Å². The number of amides is 1. The summed E-state index contributed by atoms with van der Waals surface area (Å²) < 4.78 is 10.4. The van der Waals surface area contributed by atoms with E-state index in [1.807, 2.05) is 30.4 Å². The van der Waals surface area contributed by atoms with Gasteiger partial charge in [0.1, 0.15) is 11.5 Å². The Balaban J connectivity index is 2.60. The molecule has 0 aliphatic carbocycles. The lowest BCUT2D eigenvalue weighted by atomic mass is 10.1. The fourth-order valence-corrected chi connectivity index (χ4v) is 1.50. The molecule has 1 amide bonds. The van der Waals surface area contributed by atoms with Crippen molar-refractivity contribution in [3.8, 4) is 11.5 Å². The van der Waals surface area contributed by atoms with Gasteiger partial charge in [-0.1, -0.05) is 12.2 Å². The Morgan fingerprint density at radius 3 is 2.72 bits per heavy atom. The second kappa shape index (κ2) is 7.37. The Labute approximate surface area is 108 Å². The van der Waals surface area contributed by atoms with Gasteiger partial charge in [-0.2, -0.15) is 0 Å². The van der Waals surface area contributed by atoms with E-state index < -0.39 is 0 Å². The molecule has 0 unspecified atom stereocenters. The molecule has 1 N–H and O–H groups in total. The highest BCUT2D eigenvalue weighted by molar-refractivity contribution is 5.72. The smallest absolute Gasteiger partial charge is 0.216 e. The first-order valence-corrected chi connectivity index (χ1v) is 5.80. The number of nitrogens with one attached hydrogen (secondary N) is 1. The number of rotatable bonds is 6. The molecular formula is C14H19NO3. The van der Waals surface area contributed by atoms with Crippen LogP contribution in [-0.2, 0) is 4.79 Å². The van der Waals surface area contributed by atoms with Crippen LogP contribution in [0, 0.1) is 0 Å². The van der Waals surface area contributed by atoms with E-state index in [1.165, 1.54) is 6.92 Å². The van der Waals surface area contributed by atoms with Crippen LogP contribution in [0.4, 0.5) is 0 Å². The van der Waals surface area contributed by atoms with E-state index in [2.05, 4.69) is 5.32 Å². The van der Waals surface area contributed by atoms with Gasteiger partial charge in [-0.3, -0.25) is 4.79 Å². The summed E-state index contributed by atoms with van der Waals surface area (Å²) in [4.78, 5) is 10.7. The summed E-state index contributed by atoms with van der Waals surface area (Å²) in [7, 11) is 3.25. The number of methoxy groups -OCH3 is 2. The van der Waals surface area contributed by atoms with Gasteiger partial charge < -0.3 is 14.8 Å². The van der Waals surface area contributed by atoms with Gasteiger partial charge in [-0.15, -0.1) is 0 Å². The first-order chi connectivity index (χ1) is 8.67. The Morgan fingerprint density at radius 2 is 2.11 bits per heavy atom. The Morgan fingerprint density at radius 1 is 1.33 bits per heavy atom. The van der Waals surface area contributed by atoms with Crippen molar-refractivity contribution in [1.82, 2.24) is 5.32 Å². The van der Waals surface area contributed by atoms with Gasteiger partial charge in [0.25, 0.3) is 0 Å². The number of benzene rings is 1. The fourth-order valence-electron chi connectivity index (χ4n) is 1.50. The summed E-state index contributed by atoms with van der Waals surface area (Å²) in [5.41, 5.74) is 0.987. The predicted molar refractivity (Wildman–Crippen MR) is 71.9 cm³/mol. The molecule has 4 heteroatoms. The molecule has 0 aromatic heterocycles. The molecule has 98 valence electrons. The Hall–Kier alpha value is -1.97. The van der Waals surface area contributed by atoms with E-state index >= 15 is 0 Å². The number of hydrogen-bond acceptors (Lipinski definition) is 3. The highest BCUT2D eigenvalue weighted by Crippen LogP contribution is 2.25. The van der Waals surface area contributed by atoms with Gasteiger partial charge in [-0.05, 0) is 18.6 Å². The molecule has 0 atom stereocenters. The molecule has 0 aliphatic rings. The largest absolute Gasteiger partial charge is 0.497 e. The summed E-state index contributed by atoms with van der Waals surface area (Å²) in [5, 5.41) is 2.74. The zero-order valence-corrected chi connectivity index (χ0v) is 11.0. The van der Waals surface area contributed by atoms with Gasteiger partial charge in [0.15, 0.2) is 0 Å². The molecule has 0 saturated carbocycles. The maximum atomic E-state index is 10.7. The number of carbonyl (C=O) groups is 1. The second-order valence-electron chi connectivity index (χ2n) is 3.78. The minimum atomic E-state index is -0.00886. The molecule has 4 nitrogen and oxygen atoms in total. The third-order valence-corrected chi connectivity index (χ3v) is 2.42. The van der Waals surface area contributed by atoms with Crippen molar-refractivity contribution in [2.75, 3.05) is 20.8 Å². The van der Waals surface area contributed by atoms with Crippen LogP contribution in [-0.4, -0.2) is 26.7 Å². The third kappa shape index (κ3) is 4.49. The topological polar surface area (TPSA) is 47.6 Å². The lowest BCUT2D eigenvalue weighted by Crippen LogP contribution is -2.20. The first-order valence-electron chi connectivity index (χ1n) is 5.80. The van der Waals surface area contributed by atoms with Crippen LogP contribution in [0.3, 0.4) is 0 Å². The van der Waals surface area contributed by atoms with Crippen molar-refractivity contribution < 1.29 is 14.3 Å². The normalized spacial score (nSPS) is 10.4. The van der Waals surface area contributed by atoms with E-state index in [0.29, 0.717) is 6.54 Å². The second-order valence-corrected chi connectivity index (χ2v) is 3.78. The molecule has 0 bridgehead atoms. The van der Waals surface area contributed by atoms with Crippen LogP contribution in [0.25, 0.3) is 6.08 Å². The molecule has 0 spiro atoms. The summed E-state index contributed by atoms with van der Waals surface area (Å²) in [6.07, 6.45) is 4.76. The van der Waals surface area contributed by atoms with Gasteiger partial charge in [0, 0.05) is 25.1 Å². The maximum Gasteiger partial charge on any atom is 0.216 e. The van der Waals surface area contributed by atoms with E-state index in [0.717, 1.165) is 23.5 Å².